The summed E-state index contributed by atoms with van der Waals surface area (Å²) in [5, 5.41) is 15.6. The Morgan fingerprint density at radius 3 is 2.64 bits per heavy atom. The van der Waals surface area contributed by atoms with E-state index in [4.69, 9.17) is 4.74 Å². The Bertz CT molecular complexity index is 791. The third-order valence-electron chi connectivity index (χ3n) is 3.12. The van der Waals surface area contributed by atoms with Crippen LogP contribution in [0.25, 0.3) is 0 Å². The molecular formula is C17H16FN3O4. The zero-order valence-electron chi connectivity index (χ0n) is 13.3. The van der Waals surface area contributed by atoms with Gasteiger partial charge in [0, 0.05) is 5.56 Å². The lowest BCUT2D eigenvalue weighted by Gasteiger charge is -2.05. The first-order valence-corrected chi connectivity index (χ1v) is 7.22. The molecule has 8 heteroatoms. The van der Waals surface area contributed by atoms with Crippen LogP contribution in [0.4, 0.5) is 4.39 Å². The fourth-order valence-electron chi connectivity index (χ4n) is 1.86. The Hall–Kier alpha value is -3.42. The molecule has 2 rings (SSSR count). The molecule has 7 nitrogen and oxygen atoms in total. The first-order valence-electron chi connectivity index (χ1n) is 7.22. The highest BCUT2D eigenvalue weighted by molar-refractivity contribution is 5.96. The second kappa shape index (κ2) is 8.44. The van der Waals surface area contributed by atoms with Crippen LogP contribution in [0.5, 0.6) is 11.5 Å². The minimum absolute atomic E-state index is 0.00723. The number of amides is 2. The van der Waals surface area contributed by atoms with E-state index in [-0.39, 0.29) is 23.6 Å². The molecular weight excluding hydrogens is 329 g/mol. The molecule has 0 aliphatic rings. The highest BCUT2D eigenvalue weighted by atomic mass is 19.1. The van der Waals surface area contributed by atoms with Gasteiger partial charge >= 0.3 is 0 Å². The fraction of sp³-hybridized carbons (Fsp3) is 0.118. The van der Waals surface area contributed by atoms with Crippen LogP contribution < -0.4 is 15.5 Å². The SMILES string of the molecule is COc1cc(/C=N/NC(=O)CNC(=O)c2ccc(F)cc2)ccc1O. The lowest BCUT2D eigenvalue weighted by atomic mass is 10.2. The number of carbonyl (C=O) groups is 2. The van der Waals surface area contributed by atoms with Crippen molar-refractivity contribution in [1.29, 1.82) is 0 Å². The van der Waals surface area contributed by atoms with E-state index in [1.807, 2.05) is 0 Å². The second-order valence-corrected chi connectivity index (χ2v) is 4.91. The summed E-state index contributed by atoms with van der Waals surface area (Å²) in [5.41, 5.74) is 3.10. The predicted octanol–water partition coefficient (Wildman–Crippen LogP) is 1.42. The van der Waals surface area contributed by atoms with Crippen molar-refractivity contribution in [3.63, 3.8) is 0 Å². The summed E-state index contributed by atoms with van der Waals surface area (Å²) in [6.45, 7) is -0.285. The Morgan fingerprint density at radius 1 is 1.24 bits per heavy atom. The molecule has 0 aliphatic carbocycles. The largest absolute Gasteiger partial charge is 0.504 e. The molecule has 0 saturated heterocycles. The number of ether oxygens (including phenoxy) is 1. The first-order chi connectivity index (χ1) is 12.0. The van der Waals surface area contributed by atoms with E-state index < -0.39 is 17.6 Å². The van der Waals surface area contributed by atoms with Gasteiger partial charge < -0.3 is 15.2 Å². The zero-order valence-corrected chi connectivity index (χ0v) is 13.3. The maximum Gasteiger partial charge on any atom is 0.259 e. The Kier molecular flexibility index (Phi) is 6.05. The summed E-state index contributed by atoms with van der Waals surface area (Å²) < 4.78 is 17.7. The molecule has 0 unspecified atom stereocenters. The molecule has 0 radical (unpaired) electrons. The average Bonchev–Trinajstić information content (AvgIpc) is 2.61. The fourth-order valence-corrected chi connectivity index (χ4v) is 1.86. The molecule has 2 amide bonds. The number of halogens is 1. The topological polar surface area (TPSA) is 100 Å². The lowest BCUT2D eigenvalue weighted by molar-refractivity contribution is -0.120. The molecule has 0 spiro atoms. The summed E-state index contributed by atoms with van der Waals surface area (Å²) in [5.74, 6) is -1.21. The summed E-state index contributed by atoms with van der Waals surface area (Å²) in [6, 6.07) is 9.52. The van der Waals surface area contributed by atoms with E-state index in [2.05, 4.69) is 15.8 Å². The first kappa shape index (κ1) is 17.9. The molecule has 0 saturated carbocycles. The molecule has 0 heterocycles. The van der Waals surface area contributed by atoms with Crippen molar-refractivity contribution in [2.75, 3.05) is 13.7 Å². The van der Waals surface area contributed by atoms with Crippen LogP contribution >= 0.6 is 0 Å². The molecule has 2 aromatic carbocycles. The summed E-state index contributed by atoms with van der Waals surface area (Å²) in [7, 11) is 1.42. The number of hydrogen-bond acceptors (Lipinski definition) is 5. The van der Waals surface area contributed by atoms with E-state index >= 15 is 0 Å². The number of nitrogens with zero attached hydrogens (tertiary/aromatic N) is 1. The van der Waals surface area contributed by atoms with Crippen molar-refractivity contribution >= 4 is 18.0 Å². The number of phenols is 1. The number of rotatable bonds is 6. The van der Waals surface area contributed by atoms with Crippen molar-refractivity contribution in [3.05, 3.63) is 59.4 Å². The number of carbonyl (C=O) groups excluding carboxylic acids is 2. The number of methoxy groups -OCH3 is 1. The van der Waals surface area contributed by atoms with Gasteiger partial charge in [0.2, 0.25) is 0 Å². The van der Waals surface area contributed by atoms with Gasteiger partial charge in [-0.1, -0.05) is 0 Å². The van der Waals surface area contributed by atoms with E-state index in [9.17, 15) is 19.1 Å². The third kappa shape index (κ3) is 5.31. The highest BCUT2D eigenvalue weighted by Crippen LogP contribution is 2.25. The van der Waals surface area contributed by atoms with Crippen molar-refractivity contribution in [2.24, 2.45) is 5.10 Å². The Morgan fingerprint density at radius 2 is 1.96 bits per heavy atom. The van der Waals surface area contributed by atoms with Gasteiger partial charge in [0.1, 0.15) is 5.82 Å². The maximum atomic E-state index is 12.8. The van der Waals surface area contributed by atoms with Gasteiger partial charge in [-0.15, -0.1) is 0 Å². The molecule has 3 N–H and O–H groups in total. The van der Waals surface area contributed by atoms with Crippen LogP contribution in [0.1, 0.15) is 15.9 Å². The Labute approximate surface area is 143 Å². The molecule has 130 valence electrons. The number of hydrogen-bond donors (Lipinski definition) is 3. The standard InChI is InChI=1S/C17H16FN3O4/c1-25-15-8-11(2-7-14(15)22)9-20-21-16(23)10-19-17(24)12-3-5-13(18)6-4-12/h2-9,22H,10H2,1H3,(H,19,24)(H,21,23)/b20-9+. The van der Waals surface area contributed by atoms with E-state index in [0.717, 1.165) is 12.1 Å². The van der Waals surface area contributed by atoms with Crippen molar-refractivity contribution in [2.45, 2.75) is 0 Å². The summed E-state index contributed by atoms with van der Waals surface area (Å²) in [6.07, 6.45) is 1.36. The van der Waals surface area contributed by atoms with Crippen molar-refractivity contribution in [3.8, 4) is 11.5 Å². The van der Waals surface area contributed by atoms with Crippen LogP contribution in [0.3, 0.4) is 0 Å². The molecule has 0 aromatic heterocycles. The van der Waals surface area contributed by atoms with Crippen LogP contribution in [0, 0.1) is 5.82 Å². The predicted molar refractivity (Wildman–Crippen MR) is 89.1 cm³/mol. The van der Waals surface area contributed by atoms with Crippen LogP contribution in [0.2, 0.25) is 0 Å². The molecule has 0 atom stereocenters. The van der Waals surface area contributed by atoms with E-state index in [1.165, 1.54) is 31.5 Å². The minimum Gasteiger partial charge on any atom is -0.504 e. The smallest absolute Gasteiger partial charge is 0.259 e. The normalized spacial score (nSPS) is 10.5. The minimum atomic E-state index is -0.530. The van der Waals surface area contributed by atoms with Gasteiger partial charge in [-0.05, 0) is 48.0 Å². The maximum absolute atomic E-state index is 12.8. The molecule has 0 aliphatic heterocycles. The van der Waals surface area contributed by atoms with Crippen molar-refractivity contribution in [1.82, 2.24) is 10.7 Å². The van der Waals surface area contributed by atoms with Crippen LogP contribution in [0.15, 0.2) is 47.6 Å². The van der Waals surface area contributed by atoms with E-state index in [0.29, 0.717) is 5.56 Å². The van der Waals surface area contributed by atoms with Gasteiger partial charge in [0.25, 0.3) is 11.8 Å². The van der Waals surface area contributed by atoms with Gasteiger partial charge in [-0.3, -0.25) is 9.59 Å². The van der Waals surface area contributed by atoms with Crippen LogP contribution in [-0.2, 0) is 4.79 Å². The molecule has 0 bridgehead atoms. The highest BCUT2D eigenvalue weighted by Gasteiger charge is 2.07. The quantitative estimate of drug-likeness (QED) is 0.544. The van der Waals surface area contributed by atoms with Gasteiger partial charge in [0.15, 0.2) is 11.5 Å². The monoisotopic (exact) mass is 345 g/mol. The summed E-state index contributed by atoms with van der Waals surface area (Å²) >= 11 is 0. The molecule has 2 aromatic rings. The lowest BCUT2D eigenvalue weighted by Crippen LogP contribution is -2.34. The van der Waals surface area contributed by atoms with Crippen LogP contribution in [-0.4, -0.2) is 36.8 Å². The molecule has 0 fully saturated rings. The van der Waals surface area contributed by atoms with Crippen molar-refractivity contribution < 1.29 is 23.8 Å². The molecule has 25 heavy (non-hydrogen) atoms. The number of aromatic hydroxyl groups is 1. The second-order valence-electron chi connectivity index (χ2n) is 4.91. The number of phenolic OH excluding ortho intramolecular Hbond substituents is 1. The Balaban J connectivity index is 1.82. The number of nitrogens with one attached hydrogen (secondary N) is 2. The summed E-state index contributed by atoms with van der Waals surface area (Å²) in [4.78, 5) is 23.4. The number of benzene rings is 2. The number of hydrazone groups is 1. The zero-order chi connectivity index (χ0) is 18.2. The van der Waals surface area contributed by atoms with Gasteiger partial charge in [0.05, 0.1) is 19.9 Å². The van der Waals surface area contributed by atoms with E-state index in [1.54, 1.807) is 12.1 Å². The van der Waals surface area contributed by atoms with Gasteiger partial charge in [-0.25, -0.2) is 9.82 Å². The third-order valence-corrected chi connectivity index (χ3v) is 3.12. The average molecular weight is 345 g/mol. The van der Waals surface area contributed by atoms with Gasteiger partial charge in [-0.2, -0.15) is 5.10 Å².